The topological polar surface area (TPSA) is 87.0 Å². The molecule has 0 aliphatic carbocycles. The molecule has 1 fully saturated rings. The molecule has 5 heteroatoms. The summed E-state index contributed by atoms with van der Waals surface area (Å²) in [5, 5.41) is 26.9. The Balaban J connectivity index is 0.000000791. The minimum Gasteiger partial charge on any atom is -0.479 e. The highest BCUT2D eigenvalue weighted by Crippen LogP contribution is 2.19. The van der Waals surface area contributed by atoms with Crippen molar-refractivity contribution < 1.29 is 24.9 Å². The molecule has 0 aromatic carbocycles. The van der Waals surface area contributed by atoms with Gasteiger partial charge in [0.25, 0.3) is 0 Å². The van der Waals surface area contributed by atoms with Crippen LogP contribution in [0.2, 0.25) is 0 Å². The normalized spacial score (nSPS) is 36.9. The van der Waals surface area contributed by atoms with Crippen LogP contribution in [0.25, 0.3) is 0 Å². The maximum atomic E-state index is 10.5. The first-order valence-electron chi connectivity index (χ1n) is 4.76. The molecule has 0 saturated carbocycles. The first kappa shape index (κ1) is 13.4. The minimum atomic E-state index is -1.32. The van der Waals surface area contributed by atoms with E-state index in [0.29, 0.717) is 0 Å². The second kappa shape index (κ2) is 5.95. The SMILES string of the molecule is CC.CC1C[C@@H](O)[C@H](O)[C@@H](C(=O)O)O1. The third kappa shape index (κ3) is 3.25. The Labute approximate surface area is 83.3 Å². The van der Waals surface area contributed by atoms with Gasteiger partial charge in [-0.25, -0.2) is 4.79 Å². The van der Waals surface area contributed by atoms with E-state index in [2.05, 4.69) is 0 Å². The average Bonchev–Trinajstić information content (AvgIpc) is 2.14. The number of carbonyl (C=O) groups is 1. The van der Waals surface area contributed by atoms with Gasteiger partial charge in [0.05, 0.1) is 12.2 Å². The Kier molecular flexibility index (Phi) is 5.68. The van der Waals surface area contributed by atoms with Crippen LogP contribution in [0, 0.1) is 0 Å². The Morgan fingerprint density at radius 1 is 1.36 bits per heavy atom. The van der Waals surface area contributed by atoms with Crippen LogP contribution in [0.1, 0.15) is 27.2 Å². The third-order valence-corrected chi connectivity index (χ3v) is 1.90. The Morgan fingerprint density at radius 2 is 1.86 bits per heavy atom. The number of hydrogen-bond donors (Lipinski definition) is 3. The summed E-state index contributed by atoms with van der Waals surface area (Å²) in [6.45, 7) is 5.66. The van der Waals surface area contributed by atoms with E-state index in [1.54, 1.807) is 6.92 Å². The molecule has 4 atom stereocenters. The quantitative estimate of drug-likeness (QED) is 0.562. The van der Waals surface area contributed by atoms with Gasteiger partial charge in [0.1, 0.15) is 6.10 Å². The molecule has 0 radical (unpaired) electrons. The van der Waals surface area contributed by atoms with E-state index < -0.39 is 24.3 Å². The molecule has 1 aliphatic heterocycles. The van der Waals surface area contributed by atoms with Gasteiger partial charge in [-0.15, -0.1) is 0 Å². The maximum absolute atomic E-state index is 10.5. The summed E-state index contributed by atoms with van der Waals surface area (Å²) < 4.78 is 4.92. The van der Waals surface area contributed by atoms with Crippen LogP contribution in [0.15, 0.2) is 0 Å². The van der Waals surface area contributed by atoms with Gasteiger partial charge in [0.15, 0.2) is 6.10 Å². The first-order chi connectivity index (χ1) is 6.52. The second-order valence-electron chi connectivity index (χ2n) is 3.00. The predicted molar refractivity (Wildman–Crippen MR) is 49.9 cm³/mol. The van der Waals surface area contributed by atoms with Gasteiger partial charge >= 0.3 is 5.97 Å². The fourth-order valence-electron chi connectivity index (χ4n) is 1.27. The summed E-state index contributed by atoms with van der Waals surface area (Å²) in [5.74, 6) is -1.24. The van der Waals surface area contributed by atoms with Crippen LogP contribution >= 0.6 is 0 Å². The zero-order valence-corrected chi connectivity index (χ0v) is 8.67. The van der Waals surface area contributed by atoms with Gasteiger partial charge in [0.2, 0.25) is 0 Å². The molecule has 1 rings (SSSR count). The lowest BCUT2D eigenvalue weighted by Gasteiger charge is -2.33. The second-order valence-corrected chi connectivity index (χ2v) is 3.00. The summed E-state index contributed by atoms with van der Waals surface area (Å²) in [7, 11) is 0. The summed E-state index contributed by atoms with van der Waals surface area (Å²) in [5.41, 5.74) is 0. The van der Waals surface area contributed by atoms with Crippen LogP contribution in [-0.4, -0.2) is 45.7 Å². The summed E-state index contributed by atoms with van der Waals surface area (Å²) in [6.07, 6.45) is -3.69. The zero-order chi connectivity index (χ0) is 11.3. The molecule has 5 nitrogen and oxygen atoms in total. The summed E-state index contributed by atoms with van der Waals surface area (Å²) in [6, 6.07) is 0. The van der Waals surface area contributed by atoms with Crippen molar-refractivity contribution in [3.05, 3.63) is 0 Å². The molecule has 0 spiro atoms. The summed E-state index contributed by atoms with van der Waals surface area (Å²) >= 11 is 0. The van der Waals surface area contributed by atoms with Gasteiger partial charge in [-0.1, -0.05) is 13.8 Å². The van der Waals surface area contributed by atoms with Crippen molar-refractivity contribution in [3.8, 4) is 0 Å². The Morgan fingerprint density at radius 3 is 2.29 bits per heavy atom. The van der Waals surface area contributed by atoms with Gasteiger partial charge in [0, 0.05) is 6.42 Å². The molecule has 0 aromatic rings. The van der Waals surface area contributed by atoms with Crippen LogP contribution in [-0.2, 0) is 9.53 Å². The fraction of sp³-hybridized carbons (Fsp3) is 0.889. The van der Waals surface area contributed by atoms with E-state index in [1.165, 1.54) is 0 Å². The van der Waals surface area contributed by atoms with E-state index in [1.807, 2.05) is 13.8 Å². The van der Waals surface area contributed by atoms with Crippen molar-refractivity contribution in [1.29, 1.82) is 0 Å². The van der Waals surface area contributed by atoms with Crippen molar-refractivity contribution >= 4 is 5.97 Å². The molecule has 0 amide bonds. The lowest BCUT2D eigenvalue weighted by Crippen LogP contribution is -2.51. The van der Waals surface area contributed by atoms with Crippen molar-refractivity contribution in [2.45, 2.75) is 51.6 Å². The minimum absolute atomic E-state index is 0.269. The van der Waals surface area contributed by atoms with E-state index >= 15 is 0 Å². The highest BCUT2D eigenvalue weighted by molar-refractivity contribution is 5.73. The molecule has 1 aliphatic rings. The van der Waals surface area contributed by atoms with E-state index in [-0.39, 0.29) is 12.5 Å². The monoisotopic (exact) mass is 206 g/mol. The standard InChI is InChI=1S/C7H12O5.C2H6/c1-3-2-4(8)5(9)6(12-3)7(10)11;1-2/h3-6,8-9H,2H2,1H3,(H,10,11);1-2H3/t3?,4-,5+,6+;/m1./s1. The van der Waals surface area contributed by atoms with E-state index in [9.17, 15) is 9.90 Å². The Hall–Kier alpha value is -0.650. The van der Waals surface area contributed by atoms with Gasteiger partial charge in [-0.3, -0.25) is 0 Å². The van der Waals surface area contributed by atoms with Gasteiger partial charge in [-0.05, 0) is 6.92 Å². The molecular formula is C9H18O5. The molecule has 0 bridgehead atoms. The fourth-order valence-corrected chi connectivity index (χ4v) is 1.27. The van der Waals surface area contributed by atoms with Crippen molar-refractivity contribution in [2.75, 3.05) is 0 Å². The van der Waals surface area contributed by atoms with Crippen molar-refractivity contribution in [2.24, 2.45) is 0 Å². The number of ether oxygens (including phenoxy) is 1. The van der Waals surface area contributed by atoms with E-state index in [4.69, 9.17) is 14.9 Å². The van der Waals surface area contributed by atoms with Gasteiger partial charge in [-0.2, -0.15) is 0 Å². The first-order valence-corrected chi connectivity index (χ1v) is 4.76. The third-order valence-electron chi connectivity index (χ3n) is 1.90. The molecule has 1 unspecified atom stereocenters. The number of carboxylic acid groups (broad SMARTS) is 1. The largest absolute Gasteiger partial charge is 0.479 e. The smallest absolute Gasteiger partial charge is 0.335 e. The molecule has 14 heavy (non-hydrogen) atoms. The van der Waals surface area contributed by atoms with Crippen molar-refractivity contribution in [3.63, 3.8) is 0 Å². The van der Waals surface area contributed by atoms with Crippen LogP contribution in [0.4, 0.5) is 0 Å². The molecule has 1 saturated heterocycles. The van der Waals surface area contributed by atoms with Gasteiger partial charge < -0.3 is 20.1 Å². The number of aliphatic hydroxyl groups excluding tert-OH is 2. The molecule has 3 N–H and O–H groups in total. The Bertz CT molecular complexity index is 182. The number of carboxylic acids is 1. The highest BCUT2D eigenvalue weighted by Gasteiger charge is 2.39. The molecule has 0 aromatic heterocycles. The zero-order valence-electron chi connectivity index (χ0n) is 8.67. The number of hydrogen-bond acceptors (Lipinski definition) is 4. The van der Waals surface area contributed by atoms with Crippen LogP contribution in [0.5, 0.6) is 0 Å². The van der Waals surface area contributed by atoms with Crippen molar-refractivity contribution in [1.82, 2.24) is 0 Å². The van der Waals surface area contributed by atoms with Crippen LogP contribution < -0.4 is 0 Å². The number of aliphatic carboxylic acids is 1. The summed E-state index contributed by atoms with van der Waals surface area (Å²) in [4.78, 5) is 10.5. The molecule has 1 heterocycles. The predicted octanol–water partition coefficient (Wildman–Crippen LogP) is -0.00360. The molecule has 84 valence electrons. The highest BCUT2D eigenvalue weighted by atomic mass is 16.5. The number of rotatable bonds is 1. The maximum Gasteiger partial charge on any atom is 0.335 e. The van der Waals surface area contributed by atoms with E-state index in [0.717, 1.165) is 0 Å². The lowest BCUT2D eigenvalue weighted by molar-refractivity contribution is -0.190. The average molecular weight is 206 g/mol. The number of aliphatic hydroxyl groups is 2. The lowest BCUT2D eigenvalue weighted by atomic mass is 9.99. The molecular weight excluding hydrogens is 188 g/mol. The van der Waals surface area contributed by atoms with Crippen LogP contribution in [0.3, 0.4) is 0 Å².